The van der Waals surface area contributed by atoms with Crippen LogP contribution in [-0.4, -0.2) is 28.5 Å². The standard InChI is InChI=1S/C16H17ClN2O5S2/c1-11-2-5-13(10-15(11)26(18,23)24)19-16(20)8-9-25(21,22)14-6-3-12(17)4-7-14/h2-7,10H,8-9H2,1H3,(H,19,20)(H2,18,23,24). The van der Waals surface area contributed by atoms with Crippen LogP contribution in [0.15, 0.2) is 52.3 Å². The molecule has 2 aromatic rings. The molecule has 0 aliphatic carbocycles. The Hall–Kier alpha value is -1.94. The summed E-state index contributed by atoms with van der Waals surface area (Å²) in [6.45, 7) is 1.57. The van der Waals surface area contributed by atoms with Gasteiger partial charge in [-0.25, -0.2) is 22.0 Å². The molecule has 0 atom stereocenters. The lowest BCUT2D eigenvalue weighted by atomic mass is 10.2. The Labute approximate surface area is 157 Å². The number of nitrogens with one attached hydrogen (secondary N) is 1. The zero-order chi connectivity index (χ0) is 19.5. The first-order valence-corrected chi connectivity index (χ1v) is 11.0. The van der Waals surface area contributed by atoms with Crippen LogP contribution in [0.2, 0.25) is 5.02 Å². The SMILES string of the molecule is Cc1ccc(NC(=O)CCS(=O)(=O)c2ccc(Cl)cc2)cc1S(N)(=O)=O. The van der Waals surface area contributed by atoms with Crippen LogP contribution in [0.5, 0.6) is 0 Å². The third-order valence-corrected chi connectivity index (χ3v) is 6.59. The van der Waals surface area contributed by atoms with Crippen molar-refractivity contribution in [3.8, 4) is 0 Å². The molecule has 1 amide bonds. The van der Waals surface area contributed by atoms with E-state index in [1.165, 1.54) is 42.5 Å². The predicted octanol–water partition coefficient (Wildman–Crippen LogP) is 2.10. The van der Waals surface area contributed by atoms with Gasteiger partial charge in [-0.3, -0.25) is 4.79 Å². The fraction of sp³-hybridized carbons (Fsp3) is 0.188. The van der Waals surface area contributed by atoms with Crippen LogP contribution in [0, 0.1) is 6.92 Å². The number of sulfone groups is 1. The molecule has 10 heteroatoms. The number of anilines is 1. The van der Waals surface area contributed by atoms with E-state index in [0.29, 0.717) is 10.6 Å². The molecule has 0 saturated heterocycles. The normalized spacial score (nSPS) is 12.0. The summed E-state index contributed by atoms with van der Waals surface area (Å²) in [4.78, 5) is 12.0. The predicted molar refractivity (Wildman–Crippen MR) is 99.3 cm³/mol. The third-order valence-electron chi connectivity index (χ3n) is 3.55. The number of primary sulfonamides is 1. The number of hydrogen-bond acceptors (Lipinski definition) is 5. The highest BCUT2D eigenvalue weighted by molar-refractivity contribution is 7.91. The third kappa shape index (κ3) is 5.28. The molecule has 0 aliphatic heterocycles. The summed E-state index contributed by atoms with van der Waals surface area (Å²) < 4.78 is 47.4. The van der Waals surface area contributed by atoms with Gasteiger partial charge in [-0.1, -0.05) is 17.7 Å². The van der Waals surface area contributed by atoms with Crippen molar-refractivity contribution < 1.29 is 21.6 Å². The number of carbonyl (C=O) groups is 1. The second kappa shape index (κ2) is 7.75. The summed E-state index contributed by atoms with van der Waals surface area (Å²) in [7, 11) is -7.56. The lowest BCUT2D eigenvalue weighted by Crippen LogP contribution is -2.18. The average molecular weight is 417 g/mol. The molecule has 2 aromatic carbocycles. The summed E-state index contributed by atoms with van der Waals surface area (Å²) in [5.41, 5.74) is 0.657. The largest absolute Gasteiger partial charge is 0.326 e. The quantitative estimate of drug-likeness (QED) is 0.746. The Morgan fingerprint density at radius 3 is 2.27 bits per heavy atom. The van der Waals surface area contributed by atoms with Crippen molar-refractivity contribution in [3.63, 3.8) is 0 Å². The minimum atomic E-state index is -3.92. The smallest absolute Gasteiger partial charge is 0.238 e. The minimum Gasteiger partial charge on any atom is -0.326 e. The van der Waals surface area contributed by atoms with Crippen LogP contribution in [-0.2, 0) is 24.7 Å². The molecular formula is C16H17ClN2O5S2. The Kier molecular flexibility index (Phi) is 6.07. The van der Waals surface area contributed by atoms with Gasteiger partial charge in [0.05, 0.1) is 15.5 Å². The first-order valence-electron chi connectivity index (χ1n) is 7.41. The van der Waals surface area contributed by atoms with Gasteiger partial charge in [-0.2, -0.15) is 0 Å². The first kappa shape index (κ1) is 20.4. The molecule has 0 bridgehead atoms. The first-order chi connectivity index (χ1) is 12.0. The summed E-state index contributed by atoms with van der Waals surface area (Å²) in [5, 5.41) is 8.00. The molecule has 0 saturated carbocycles. The Balaban J connectivity index is 2.06. The number of nitrogens with two attached hydrogens (primary N) is 1. The maximum Gasteiger partial charge on any atom is 0.238 e. The van der Waals surface area contributed by atoms with Crippen molar-refractivity contribution in [2.24, 2.45) is 5.14 Å². The molecule has 0 fully saturated rings. The molecule has 3 N–H and O–H groups in total. The minimum absolute atomic E-state index is 0.0709. The Morgan fingerprint density at radius 1 is 1.08 bits per heavy atom. The van der Waals surface area contributed by atoms with Gasteiger partial charge in [0.1, 0.15) is 0 Å². The van der Waals surface area contributed by atoms with Crippen LogP contribution in [0.1, 0.15) is 12.0 Å². The second-order valence-corrected chi connectivity index (χ2v) is 9.67. The Bertz CT molecular complexity index is 1030. The molecule has 0 heterocycles. The molecule has 0 unspecified atom stereocenters. The van der Waals surface area contributed by atoms with Crippen molar-refractivity contribution >= 4 is 43.1 Å². The molecule has 140 valence electrons. The fourth-order valence-electron chi connectivity index (χ4n) is 2.19. The van der Waals surface area contributed by atoms with E-state index in [1.807, 2.05) is 0 Å². The maximum absolute atomic E-state index is 12.2. The van der Waals surface area contributed by atoms with Crippen molar-refractivity contribution in [3.05, 3.63) is 53.1 Å². The molecular weight excluding hydrogens is 400 g/mol. The van der Waals surface area contributed by atoms with Gasteiger partial charge in [0.15, 0.2) is 9.84 Å². The summed E-state index contributed by atoms with van der Waals surface area (Å²) >= 11 is 5.72. The average Bonchev–Trinajstić information content (AvgIpc) is 2.54. The van der Waals surface area contributed by atoms with E-state index in [1.54, 1.807) is 6.92 Å². The molecule has 2 rings (SSSR count). The molecule has 26 heavy (non-hydrogen) atoms. The summed E-state index contributed by atoms with van der Waals surface area (Å²) in [6, 6.07) is 9.89. The number of carbonyl (C=O) groups excluding carboxylic acids is 1. The van der Waals surface area contributed by atoms with Gasteiger partial charge in [0, 0.05) is 17.1 Å². The van der Waals surface area contributed by atoms with E-state index in [-0.39, 0.29) is 21.9 Å². The maximum atomic E-state index is 12.2. The van der Waals surface area contributed by atoms with E-state index in [0.717, 1.165) is 0 Å². The van der Waals surface area contributed by atoms with E-state index in [9.17, 15) is 21.6 Å². The molecule has 7 nitrogen and oxygen atoms in total. The number of sulfonamides is 1. The van der Waals surface area contributed by atoms with Crippen LogP contribution in [0.3, 0.4) is 0 Å². The number of rotatable bonds is 6. The van der Waals surface area contributed by atoms with Crippen LogP contribution in [0.25, 0.3) is 0 Å². The molecule has 0 spiro atoms. The van der Waals surface area contributed by atoms with Gasteiger partial charge in [-0.15, -0.1) is 0 Å². The van der Waals surface area contributed by atoms with Crippen molar-refractivity contribution in [1.29, 1.82) is 0 Å². The zero-order valence-electron chi connectivity index (χ0n) is 13.8. The number of benzene rings is 2. The van der Waals surface area contributed by atoms with Gasteiger partial charge < -0.3 is 5.32 Å². The van der Waals surface area contributed by atoms with Gasteiger partial charge in [0.25, 0.3) is 0 Å². The molecule has 0 radical (unpaired) electrons. The van der Waals surface area contributed by atoms with Crippen molar-refractivity contribution in [2.75, 3.05) is 11.1 Å². The zero-order valence-corrected chi connectivity index (χ0v) is 16.2. The second-order valence-electron chi connectivity index (χ2n) is 5.60. The molecule has 0 aromatic heterocycles. The van der Waals surface area contributed by atoms with Gasteiger partial charge >= 0.3 is 0 Å². The summed E-state index contributed by atoms with van der Waals surface area (Å²) in [6.07, 6.45) is -0.288. The Morgan fingerprint density at radius 2 is 1.69 bits per heavy atom. The topological polar surface area (TPSA) is 123 Å². The number of amides is 1. The number of hydrogen-bond donors (Lipinski definition) is 2. The number of aryl methyl sites for hydroxylation is 1. The highest BCUT2D eigenvalue weighted by atomic mass is 35.5. The number of halogens is 1. The highest BCUT2D eigenvalue weighted by Gasteiger charge is 2.17. The van der Waals surface area contributed by atoms with Gasteiger partial charge in [0.2, 0.25) is 15.9 Å². The van der Waals surface area contributed by atoms with Gasteiger partial charge in [-0.05, 0) is 48.9 Å². The van der Waals surface area contributed by atoms with Crippen molar-refractivity contribution in [1.82, 2.24) is 0 Å². The monoisotopic (exact) mass is 416 g/mol. The molecule has 0 aliphatic rings. The fourth-order valence-corrected chi connectivity index (χ4v) is 4.37. The lowest BCUT2D eigenvalue weighted by Gasteiger charge is -2.09. The van der Waals surface area contributed by atoms with Crippen LogP contribution < -0.4 is 10.5 Å². The highest BCUT2D eigenvalue weighted by Crippen LogP contribution is 2.20. The van der Waals surface area contributed by atoms with Crippen LogP contribution >= 0.6 is 11.6 Å². The lowest BCUT2D eigenvalue weighted by molar-refractivity contribution is -0.115. The van der Waals surface area contributed by atoms with E-state index in [2.05, 4.69) is 5.32 Å². The van der Waals surface area contributed by atoms with E-state index < -0.39 is 31.5 Å². The van der Waals surface area contributed by atoms with E-state index >= 15 is 0 Å². The van der Waals surface area contributed by atoms with Crippen molar-refractivity contribution in [2.45, 2.75) is 23.1 Å². The summed E-state index contributed by atoms with van der Waals surface area (Å²) in [5.74, 6) is -0.958. The van der Waals surface area contributed by atoms with Crippen LogP contribution in [0.4, 0.5) is 5.69 Å². The van der Waals surface area contributed by atoms with E-state index in [4.69, 9.17) is 16.7 Å².